The third kappa shape index (κ3) is 9.37. The molecule has 392 valence electrons. The summed E-state index contributed by atoms with van der Waals surface area (Å²) in [5.41, 5.74) is 12.7. The van der Waals surface area contributed by atoms with E-state index in [1.165, 1.54) is 22.7 Å². The van der Waals surface area contributed by atoms with E-state index in [4.69, 9.17) is 48.9 Å². The first-order valence-corrected chi connectivity index (χ1v) is 27.9. The summed E-state index contributed by atoms with van der Waals surface area (Å²) in [6, 6.07) is 52.6. The predicted octanol–water partition coefficient (Wildman–Crippen LogP) is 18.4. The molecule has 13 rings (SSSR count). The van der Waals surface area contributed by atoms with Gasteiger partial charge in [-0.05, 0) is 135 Å². The van der Waals surface area contributed by atoms with Gasteiger partial charge >= 0.3 is 0 Å². The number of ether oxygens (including phenoxy) is 4. The Morgan fingerprint density at radius 1 is 0.300 bits per heavy atom. The number of fused-ring (bicyclic) bond motifs is 14. The number of aromatic nitrogens is 8. The molecule has 12 nitrogen and oxygen atoms in total. The van der Waals surface area contributed by atoms with Crippen LogP contribution >= 0.6 is 22.7 Å². The van der Waals surface area contributed by atoms with Crippen LogP contribution < -0.4 is 18.9 Å². The standard InChI is InChI=1S/C66H52N8O4S2/c1-35-19-15-20-36(2)53(35)75-49-31-45-47(33-51(49)77-55-39(5)23-17-24-40(55)6)61-67-59(45)69-63-57(43-27-11-9-12-28-43)79-66(73-63)72-62-48-34-52(78-56-41(7)25-18-26-42(56)8)50(76-54-37(3)21-16-22-38(54)4)32-46(48)60(68-62)70-64-58(80-65(71-61)74-64)44-29-13-10-14-30-44/h9-34H,1-8H3,(H,67,69,71,74)(H,68,70,72,73). The Hall–Kier alpha value is -9.50. The Kier molecular flexibility index (Phi) is 12.7. The molecular weight excluding hydrogens is 1030 g/mol. The van der Waals surface area contributed by atoms with Crippen LogP contribution in [0.15, 0.2) is 158 Å². The first kappa shape index (κ1) is 50.0. The second-order valence-electron chi connectivity index (χ2n) is 20.1. The summed E-state index contributed by atoms with van der Waals surface area (Å²) in [5.74, 6) is 4.96. The van der Waals surface area contributed by atoms with Gasteiger partial charge in [0, 0.05) is 21.5 Å². The number of nitrogens with zero attached hydrogens (tertiary/aromatic N) is 6. The highest BCUT2D eigenvalue weighted by atomic mass is 32.1. The highest BCUT2D eigenvalue weighted by Gasteiger charge is 2.22. The third-order valence-electron chi connectivity index (χ3n) is 14.3. The number of thiazole rings is 2. The van der Waals surface area contributed by atoms with Crippen LogP contribution in [0.25, 0.3) is 86.2 Å². The minimum atomic E-state index is 0.460. The number of benzene rings is 8. The second-order valence-corrected chi connectivity index (χ2v) is 22.1. The molecule has 14 heteroatoms. The highest BCUT2D eigenvalue weighted by molar-refractivity contribution is 7.21. The number of rotatable bonds is 10. The van der Waals surface area contributed by atoms with Crippen LogP contribution in [-0.4, -0.2) is 39.9 Å². The highest BCUT2D eigenvalue weighted by Crippen LogP contribution is 2.46. The van der Waals surface area contributed by atoms with E-state index in [0.717, 1.165) is 110 Å². The molecule has 0 radical (unpaired) electrons. The van der Waals surface area contributed by atoms with Crippen molar-refractivity contribution in [3.63, 3.8) is 0 Å². The fourth-order valence-corrected chi connectivity index (χ4v) is 11.9. The molecule has 0 saturated heterocycles. The summed E-state index contributed by atoms with van der Waals surface area (Å²) in [6.07, 6.45) is 0. The summed E-state index contributed by atoms with van der Waals surface area (Å²) < 4.78 is 27.8. The van der Waals surface area contributed by atoms with Crippen LogP contribution in [0.2, 0.25) is 0 Å². The normalized spacial score (nSPS) is 11.5. The zero-order valence-corrected chi connectivity index (χ0v) is 46.8. The summed E-state index contributed by atoms with van der Waals surface area (Å²) in [7, 11) is 0. The van der Waals surface area contributed by atoms with E-state index in [1.54, 1.807) is 0 Å². The molecule has 0 aliphatic carbocycles. The van der Waals surface area contributed by atoms with Crippen molar-refractivity contribution in [3.05, 3.63) is 202 Å². The predicted molar refractivity (Wildman–Crippen MR) is 324 cm³/mol. The Balaban J connectivity index is 1.14. The van der Waals surface area contributed by atoms with Crippen molar-refractivity contribution in [2.75, 3.05) is 0 Å². The fraction of sp³-hybridized carbons (Fsp3) is 0.121. The molecule has 13 aromatic rings. The maximum Gasteiger partial charge on any atom is 0.213 e. The average Bonchev–Trinajstić information content (AvgIpc) is 4.24. The van der Waals surface area contributed by atoms with Crippen molar-refractivity contribution in [2.24, 2.45) is 0 Å². The van der Waals surface area contributed by atoms with Crippen molar-refractivity contribution in [1.82, 2.24) is 39.9 Å². The number of para-hydroxylation sites is 4. The lowest BCUT2D eigenvalue weighted by atomic mass is 10.1. The summed E-state index contributed by atoms with van der Waals surface area (Å²) in [6.45, 7) is 16.3. The van der Waals surface area contributed by atoms with Gasteiger partial charge in [-0.2, -0.15) is 9.97 Å². The zero-order chi connectivity index (χ0) is 54.8. The van der Waals surface area contributed by atoms with Gasteiger partial charge in [0.15, 0.2) is 34.3 Å². The van der Waals surface area contributed by atoms with Gasteiger partial charge in [0.05, 0.1) is 9.75 Å². The van der Waals surface area contributed by atoms with Crippen LogP contribution in [0.1, 0.15) is 44.5 Å². The molecule has 8 aromatic carbocycles. The number of hydrogen-bond donors (Lipinski definition) is 2. The molecule has 80 heavy (non-hydrogen) atoms. The number of aryl methyl sites for hydroxylation is 8. The topological polar surface area (TPSA) is 146 Å². The summed E-state index contributed by atoms with van der Waals surface area (Å²) in [4.78, 5) is 41.8. The molecule has 0 unspecified atom stereocenters. The van der Waals surface area contributed by atoms with Crippen LogP contribution in [0, 0.1) is 55.4 Å². The van der Waals surface area contributed by atoms with E-state index >= 15 is 0 Å². The van der Waals surface area contributed by atoms with E-state index in [1.807, 2.05) is 189 Å². The minimum absolute atomic E-state index is 0.460. The van der Waals surface area contributed by atoms with Crippen LogP contribution in [0.3, 0.4) is 0 Å². The Bertz CT molecular complexity index is 4340. The summed E-state index contributed by atoms with van der Waals surface area (Å²) in [5, 5.41) is 2.92. The molecule has 0 amide bonds. The first-order chi connectivity index (χ1) is 38.9. The Morgan fingerprint density at radius 3 is 0.838 bits per heavy atom. The van der Waals surface area contributed by atoms with E-state index in [9.17, 15) is 0 Å². The smallest absolute Gasteiger partial charge is 0.213 e. The van der Waals surface area contributed by atoms with Gasteiger partial charge in [0.25, 0.3) is 0 Å². The first-order valence-electron chi connectivity index (χ1n) is 26.2. The van der Waals surface area contributed by atoms with Crippen molar-refractivity contribution >= 4 is 88.0 Å². The van der Waals surface area contributed by atoms with E-state index in [0.29, 0.717) is 66.8 Å². The van der Waals surface area contributed by atoms with Gasteiger partial charge in [0.2, 0.25) is 9.92 Å². The van der Waals surface area contributed by atoms with E-state index in [-0.39, 0.29) is 0 Å². The molecule has 2 N–H and O–H groups in total. The van der Waals surface area contributed by atoms with Crippen molar-refractivity contribution in [3.8, 4) is 66.9 Å². The molecular formula is C66H52N8O4S2. The van der Waals surface area contributed by atoms with Gasteiger partial charge in [0.1, 0.15) is 45.6 Å². The maximum atomic E-state index is 6.95. The van der Waals surface area contributed by atoms with Gasteiger partial charge in [-0.15, -0.1) is 0 Å². The molecule has 0 aliphatic heterocycles. The van der Waals surface area contributed by atoms with Gasteiger partial charge in [-0.1, -0.05) is 156 Å². The molecule has 0 aliphatic rings. The van der Waals surface area contributed by atoms with Gasteiger partial charge < -0.3 is 28.9 Å². The quantitative estimate of drug-likeness (QED) is 0.136. The summed E-state index contributed by atoms with van der Waals surface area (Å²) >= 11 is 2.87. The Labute approximate surface area is 468 Å². The molecule has 0 saturated carbocycles. The van der Waals surface area contributed by atoms with Crippen molar-refractivity contribution in [1.29, 1.82) is 0 Å². The van der Waals surface area contributed by atoms with Crippen molar-refractivity contribution < 1.29 is 18.9 Å². The molecule has 0 fully saturated rings. The number of hydrogen-bond acceptors (Lipinski definition) is 12. The van der Waals surface area contributed by atoms with Gasteiger partial charge in [-0.25, -0.2) is 19.9 Å². The minimum Gasteiger partial charge on any atom is -0.453 e. The van der Waals surface area contributed by atoms with Crippen LogP contribution in [-0.2, 0) is 0 Å². The van der Waals surface area contributed by atoms with Gasteiger partial charge in [-0.3, -0.25) is 0 Å². The van der Waals surface area contributed by atoms with E-state index < -0.39 is 0 Å². The molecule has 0 spiro atoms. The van der Waals surface area contributed by atoms with E-state index in [2.05, 4.69) is 34.2 Å². The van der Waals surface area contributed by atoms with Crippen molar-refractivity contribution in [2.45, 2.75) is 55.4 Å². The number of aromatic amines is 2. The SMILES string of the molecule is Cc1cccc(C)c1Oc1cc2c3nc4nc(nc5[nH]c(nc6nc(nc([nH]3)c2cc1Oc1c(C)cccc1C)c(-c1ccccc1)s6)c1cc(Oc2c(C)cccc2C)c(Oc2c(C)cccc2C)cc51)c(-c1ccccc1)s4. The Morgan fingerprint density at radius 2 is 0.562 bits per heavy atom. The molecule has 0 atom stereocenters. The lowest BCUT2D eigenvalue weighted by molar-refractivity contribution is 0.413. The fourth-order valence-electron chi connectivity index (χ4n) is 10.2. The largest absolute Gasteiger partial charge is 0.453 e. The monoisotopic (exact) mass is 1080 g/mol. The molecule has 5 aromatic heterocycles. The average molecular weight is 1090 g/mol. The second kappa shape index (κ2) is 20.4. The molecule has 5 heterocycles. The number of nitrogens with one attached hydrogen (secondary N) is 2. The molecule has 8 bridgehead atoms. The maximum absolute atomic E-state index is 6.95. The third-order valence-corrected chi connectivity index (χ3v) is 16.2. The lowest BCUT2D eigenvalue weighted by Crippen LogP contribution is -1.96. The van der Waals surface area contributed by atoms with Crippen LogP contribution in [0.4, 0.5) is 0 Å². The number of H-pyrrole nitrogens is 2. The zero-order valence-electron chi connectivity index (χ0n) is 45.1. The van der Waals surface area contributed by atoms with Crippen LogP contribution in [0.5, 0.6) is 46.0 Å². The lowest BCUT2D eigenvalue weighted by Gasteiger charge is -2.17.